The zero-order valence-electron chi connectivity index (χ0n) is 22.4. The van der Waals surface area contributed by atoms with E-state index < -0.39 is 22.7 Å². The molecule has 7 nitrogen and oxygen atoms in total. The first-order chi connectivity index (χ1) is 16.9. The minimum atomic E-state index is -0.743. The molecule has 1 aromatic heterocycles. The van der Waals surface area contributed by atoms with Gasteiger partial charge in [-0.05, 0) is 84.4 Å². The minimum absolute atomic E-state index is 0.234. The van der Waals surface area contributed by atoms with Crippen LogP contribution in [0.4, 0.5) is 4.79 Å². The molecule has 1 amide bonds. The summed E-state index contributed by atoms with van der Waals surface area (Å²) < 4.78 is 10.8. The number of carbonyl (C=O) groups excluding carboxylic acids is 2. The molecule has 1 saturated carbocycles. The van der Waals surface area contributed by atoms with Crippen LogP contribution in [0.25, 0.3) is 17.0 Å². The maximum Gasteiger partial charge on any atom is 0.408 e. The Morgan fingerprint density at radius 2 is 1.81 bits per heavy atom. The van der Waals surface area contributed by atoms with E-state index in [0.29, 0.717) is 38.7 Å². The number of amides is 1. The Bertz CT molecular complexity index is 1110. The summed E-state index contributed by atoms with van der Waals surface area (Å²) in [6.45, 7) is 11.5. The summed E-state index contributed by atoms with van der Waals surface area (Å²) in [5, 5.41) is 14.5. The summed E-state index contributed by atoms with van der Waals surface area (Å²) in [7, 11) is 0. The molecule has 36 heavy (non-hydrogen) atoms. The van der Waals surface area contributed by atoms with Crippen molar-refractivity contribution in [1.29, 1.82) is 0 Å². The fraction of sp³-hybridized carbons (Fsp3) is 0.552. The van der Waals surface area contributed by atoms with Crippen molar-refractivity contribution in [3.63, 3.8) is 0 Å². The van der Waals surface area contributed by atoms with E-state index in [1.54, 1.807) is 0 Å². The Balaban J connectivity index is 1.82. The summed E-state index contributed by atoms with van der Waals surface area (Å²) in [6.07, 6.45) is 6.32. The molecule has 1 atom stereocenters. The first-order valence-corrected chi connectivity index (χ1v) is 12.9. The van der Waals surface area contributed by atoms with Gasteiger partial charge in [-0.2, -0.15) is 0 Å². The molecule has 0 bridgehead atoms. The number of aromatic nitrogens is 1. The quantitative estimate of drug-likeness (QED) is 0.450. The van der Waals surface area contributed by atoms with Crippen molar-refractivity contribution in [1.82, 2.24) is 10.3 Å². The van der Waals surface area contributed by atoms with E-state index in [2.05, 4.69) is 5.32 Å². The molecule has 0 spiro atoms. The van der Waals surface area contributed by atoms with Crippen LogP contribution in [0, 0.1) is 5.41 Å². The number of rotatable bonds is 7. The van der Waals surface area contributed by atoms with Crippen LogP contribution in [0.1, 0.15) is 90.9 Å². The van der Waals surface area contributed by atoms with Gasteiger partial charge in [-0.1, -0.05) is 37.3 Å². The molecule has 2 N–H and O–H groups in total. The SMILES string of the molecule is CCOC(=O)C1(/C=C/c2ccc3ccc([C@@H](C)NC(=O)OC(C)(C)C)nc3c2)CCC(O)(CC)CC1. The summed E-state index contributed by atoms with van der Waals surface area (Å²) in [6, 6.07) is 9.50. The molecule has 0 unspecified atom stereocenters. The second kappa shape index (κ2) is 11.0. The summed E-state index contributed by atoms with van der Waals surface area (Å²) >= 11 is 0. The predicted octanol–water partition coefficient (Wildman–Crippen LogP) is 6.10. The van der Waals surface area contributed by atoms with Gasteiger partial charge in [0.1, 0.15) is 5.60 Å². The van der Waals surface area contributed by atoms with E-state index >= 15 is 0 Å². The molecule has 1 fully saturated rings. The van der Waals surface area contributed by atoms with Gasteiger partial charge in [-0.3, -0.25) is 9.78 Å². The molecule has 2 aromatic rings. The molecular weight excluding hydrogens is 456 g/mol. The predicted molar refractivity (Wildman–Crippen MR) is 141 cm³/mol. The lowest BCUT2D eigenvalue weighted by molar-refractivity contribution is -0.157. The lowest BCUT2D eigenvalue weighted by Crippen LogP contribution is -2.42. The van der Waals surface area contributed by atoms with Crippen molar-refractivity contribution in [2.45, 2.75) is 90.9 Å². The number of hydrogen-bond donors (Lipinski definition) is 2. The van der Waals surface area contributed by atoms with Crippen LogP contribution in [-0.2, 0) is 14.3 Å². The fourth-order valence-electron chi connectivity index (χ4n) is 4.54. The highest BCUT2D eigenvalue weighted by molar-refractivity contribution is 5.83. The van der Waals surface area contributed by atoms with Crippen molar-refractivity contribution in [2.24, 2.45) is 5.41 Å². The van der Waals surface area contributed by atoms with Gasteiger partial charge in [-0.15, -0.1) is 0 Å². The minimum Gasteiger partial charge on any atom is -0.465 e. The molecular formula is C29H40N2O5. The maximum atomic E-state index is 12.9. The third-order valence-electron chi connectivity index (χ3n) is 6.92. The van der Waals surface area contributed by atoms with Gasteiger partial charge in [0.15, 0.2) is 0 Å². The van der Waals surface area contributed by atoms with Gasteiger partial charge < -0.3 is 19.9 Å². The molecule has 0 aliphatic heterocycles. The van der Waals surface area contributed by atoms with Gasteiger partial charge in [0.25, 0.3) is 0 Å². The maximum absolute atomic E-state index is 12.9. The number of pyridine rings is 1. The van der Waals surface area contributed by atoms with Crippen molar-refractivity contribution < 1.29 is 24.2 Å². The third-order valence-corrected chi connectivity index (χ3v) is 6.92. The number of aliphatic hydroxyl groups is 1. The Morgan fingerprint density at radius 1 is 1.14 bits per heavy atom. The van der Waals surface area contributed by atoms with Crippen LogP contribution in [-0.4, -0.2) is 40.0 Å². The Hall–Kier alpha value is -2.93. The van der Waals surface area contributed by atoms with Crippen LogP contribution in [0.3, 0.4) is 0 Å². The van der Waals surface area contributed by atoms with E-state index in [0.717, 1.165) is 22.2 Å². The average Bonchev–Trinajstić information content (AvgIpc) is 2.82. The number of nitrogens with one attached hydrogen (secondary N) is 1. The smallest absolute Gasteiger partial charge is 0.408 e. The van der Waals surface area contributed by atoms with Crippen molar-refractivity contribution in [3.05, 3.63) is 47.7 Å². The van der Waals surface area contributed by atoms with Gasteiger partial charge in [0.2, 0.25) is 0 Å². The topological polar surface area (TPSA) is 97.8 Å². The molecule has 1 aromatic carbocycles. The summed E-state index contributed by atoms with van der Waals surface area (Å²) in [4.78, 5) is 29.9. The highest BCUT2D eigenvalue weighted by atomic mass is 16.6. The lowest BCUT2D eigenvalue weighted by Gasteiger charge is -2.40. The van der Waals surface area contributed by atoms with Crippen molar-refractivity contribution in [3.8, 4) is 0 Å². The van der Waals surface area contributed by atoms with E-state index in [1.165, 1.54) is 0 Å². The van der Waals surface area contributed by atoms with E-state index in [1.807, 2.05) is 84.0 Å². The van der Waals surface area contributed by atoms with Crippen LogP contribution < -0.4 is 5.32 Å². The van der Waals surface area contributed by atoms with Crippen molar-refractivity contribution in [2.75, 3.05) is 6.61 Å². The molecule has 1 heterocycles. The number of alkyl carbamates (subject to hydrolysis) is 1. The fourth-order valence-corrected chi connectivity index (χ4v) is 4.54. The first-order valence-electron chi connectivity index (χ1n) is 12.9. The summed E-state index contributed by atoms with van der Waals surface area (Å²) in [5.41, 5.74) is 0.409. The molecule has 0 radical (unpaired) electrons. The second-order valence-electron chi connectivity index (χ2n) is 10.8. The highest BCUT2D eigenvalue weighted by Gasteiger charge is 2.45. The Morgan fingerprint density at radius 3 is 2.42 bits per heavy atom. The number of carbonyl (C=O) groups is 2. The van der Waals surface area contributed by atoms with Crippen LogP contribution in [0.2, 0.25) is 0 Å². The number of hydrogen-bond acceptors (Lipinski definition) is 6. The molecule has 0 saturated heterocycles. The normalized spacial score (nSPS) is 23.4. The van der Waals surface area contributed by atoms with Crippen LogP contribution >= 0.6 is 0 Å². The molecule has 3 rings (SSSR count). The molecule has 1 aliphatic rings. The number of ether oxygens (including phenoxy) is 2. The lowest BCUT2D eigenvalue weighted by atomic mass is 9.67. The Labute approximate surface area is 214 Å². The van der Waals surface area contributed by atoms with Gasteiger partial charge >= 0.3 is 12.1 Å². The molecule has 196 valence electrons. The van der Waals surface area contributed by atoms with E-state index in [9.17, 15) is 14.7 Å². The number of fused-ring (bicyclic) bond motifs is 1. The van der Waals surface area contributed by atoms with Gasteiger partial charge in [0, 0.05) is 5.39 Å². The zero-order chi connectivity index (χ0) is 26.6. The highest BCUT2D eigenvalue weighted by Crippen LogP contribution is 2.44. The van der Waals surface area contributed by atoms with Crippen molar-refractivity contribution >= 4 is 29.0 Å². The molecule has 7 heteroatoms. The number of esters is 1. The average molecular weight is 497 g/mol. The van der Waals surface area contributed by atoms with E-state index in [-0.39, 0.29) is 12.0 Å². The zero-order valence-corrected chi connectivity index (χ0v) is 22.4. The molecule has 1 aliphatic carbocycles. The number of benzene rings is 1. The van der Waals surface area contributed by atoms with Gasteiger partial charge in [0.05, 0.1) is 34.9 Å². The number of nitrogens with zero attached hydrogens (tertiary/aromatic N) is 1. The first kappa shape index (κ1) is 27.7. The van der Waals surface area contributed by atoms with Gasteiger partial charge in [-0.25, -0.2) is 4.79 Å². The van der Waals surface area contributed by atoms with Crippen LogP contribution in [0.15, 0.2) is 36.4 Å². The monoisotopic (exact) mass is 496 g/mol. The van der Waals surface area contributed by atoms with E-state index in [4.69, 9.17) is 14.5 Å². The summed E-state index contributed by atoms with van der Waals surface area (Å²) in [5.74, 6) is -0.234. The standard InChI is InChI=1S/C29H40N2O5/c1-7-29(34)17-15-28(16-18-29,25(32)35-8-2)14-13-21-9-10-22-11-12-23(31-24(22)19-21)20(3)30-26(33)36-27(4,5)6/h9-14,19-20,34H,7-8,15-18H2,1-6H3,(H,30,33)/b14-13+/t20-,28?,29?/m1/s1. The largest absolute Gasteiger partial charge is 0.465 e. The second-order valence-corrected chi connectivity index (χ2v) is 10.8. The third kappa shape index (κ3) is 6.84. The Kier molecular flexibility index (Phi) is 8.44. The van der Waals surface area contributed by atoms with Crippen LogP contribution in [0.5, 0.6) is 0 Å².